The first-order valence-corrected chi connectivity index (χ1v) is 9.18. The quantitative estimate of drug-likeness (QED) is 0.820. The Morgan fingerprint density at radius 3 is 2.67 bits per heavy atom. The van der Waals surface area contributed by atoms with E-state index in [1.165, 1.54) is 29.6 Å². The molecule has 2 aliphatic rings. The van der Waals surface area contributed by atoms with E-state index in [0.717, 1.165) is 6.42 Å². The van der Waals surface area contributed by atoms with Gasteiger partial charge in [0, 0.05) is 13.1 Å². The molecule has 24 heavy (non-hydrogen) atoms. The van der Waals surface area contributed by atoms with E-state index in [9.17, 15) is 23.1 Å². The second-order valence-corrected chi connectivity index (χ2v) is 8.24. The molecule has 1 N–H and O–H groups in total. The van der Waals surface area contributed by atoms with Gasteiger partial charge in [0.1, 0.15) is 0 Å². The summed E-state index contributed by atoms with van der Waals surface area (Å²) in [6, 6.07) is 5.83. The Labute approximate surface area is 140 Å². The van der Waals surface area contributed by atoms with Crippen LogP contribution < -0.4 is 0 Å². The van der Waals surface area contributed by atoms with E-state index in [4.69, 9.17) is 0 Å². The zero-order valence-electron chi connectivity index (χ0n) is 13.3. The van der Waals surface area contributed by atoms with Crippen LogP contribution in [0.15, 0.2) is 29.2 Å². The lowest BCUT2D eigenvalue weighted by Crippen LogP contribution is -2.37. The number of carbonyl (C=O) groups excluding carboxylic acids is 1. The van der Waals surface area contributed by atoms with Crippen molar-refractivity contribution in [3.05, 3.63) is 29.8 Å². The second-order valence-electron chi connectivity index (χ2n) is 6.34. The third-order valence-corrected chi connectivity index (χ3v) is 7.05. The number of hydrogen-bond donors (Lipinski definition) is 1. The number of carboxylic acids is 1. The van der Waals surface area contributed by atoms with Crippen molar-refractivity contribution in [1.29, 1.82) is 0 Å². The highest BCUT2D eigenvalue weighted by atomic mass is 32.2. The molecule has 0 unspecified atom stereocenters. The average Bonchev–Trinajstić information content (AvgIpc) is 3.12. The molecule has 1 heterocycles. The zero-order chi connectivity index (χ0) is 17.5. The Bertz CT molecular complexity index is 790. The smallest absolute Gasteiger partial charge is 0.339 e. The summed E-state index contributed by atoms with van der Waals surface area (Å²) in [5, 5.41) is 9.61. The number of sulfonamides is 1. The van der Waals surface area contributed by atoms with Gasteiger partial charge in [0.25, 0.3) is 0 Å². The van der Waals surface area contributed by atoms with Crippen LogP contribution in [0.2, 0.25) is 0 Å². The minimum Gasteiger partial charge on any atom is -0.481 e. The number of fused-ring (bicyclic) bond motifs is 1. The van der Waals surface area contributed by atoms with Gasteiger partial charge in [-0.25, -0.2) is 13.2 Å². The highest BCUT2D eigenvalue weighted by molar-refractivity contribution is 7.89. The third kappa shape index (κ3) is 2.41. The predicted molar refractivity (Wildman–Crippen MR) is 84.0 cm³/mol. The summed E-state index contributed by atoms with van der Waals surface area (Å²) in [7, 11) is -2.78. The van der Waals surface area contributed by atoms with E-state index in [-0.39, 0.29) is 29.5 Å². The van der Waals surface area contributed by atoms with E-state index < -0.39 is 27.4 Å². The molecule has 0 amide bonds. The lowest BCUT2D eigenvalue weighted by atomic mass is 9.81. The minimum absolute atomic E-state index is 0.0403. The van der Waals surface area contributed by atoms with Crippen LogP contribution in [0.25, 0.3) is 0 Å². The summed E-state index contributed by atoms with van der Waals surface area (Å²) in [5.74, 6) is -1.86. The van der Waals surface area contributed by atoms with Gasteiger partial charge < -0.3 is 9.84 Å². The summed E-state index contributed by atoms with van der Waals surface area (Å²) in [6.45, 7) is 0.120. The van der Waals surface area contributed by atoms with Crippen LogP contribution in [0.5, 0.6) is 0 Å². The van der Waals surface area contributed by atoms with E-state index in [1.54, 1.807) is 6.07 Å². The Kier molecular flexibility index (Phi) is 4.13. The maximum Gasteiger partial charge on any atom is 0.339 e. The number of rotatable bonds is 4. The number of methoxy groups -OCH3 is 1. The van der Waals surface area contributed by atoms with Crippen LogP contribution in [-0.2, 0) is 19.6 Å². The van der Waals surface area contributed by atoms with E-state index in [2.05, 4.69) is 4.74 Å². The van der Waals surface area contributed by atoms with Crippen LogP contribution in [0.1, 0.15) is 29.6 Å². The standard InChI is InChI=1S/C16H19NO6S/c1-23-14(18)12-6-2-3-7-13(12)24(21,22)17-9-11-5-4-8-16(11,10-17)15(19)20/h2-3,6-7,11H,4-5,8-10H2,1H3,(H,19,20)/t11-,16+/m0/s1. The SMILES string of the molecule is COC(=O)c1ccccc1S(=O)(=O)N1C[C@@H]2CCC[C@@]2(C(=O)O)C1. The first-order valence-electron chi connectivity index (χ1n) is 7.74. The van der Waals surface area contributed by atoms with Crippen molar-refractivity contribution in [1.82, 2.24) is 4.31 Å². The molecule has 0 spiro atoms. The number of nitrogens with zero attached hydrogens (tertiary/aromatic N) is 1. The Balaban J connectivity index is 1.99. The maximum absolute atomic E-state index is 13.0. The van der Waals surface area contributed by atoms with Crippen molar-refractivity contribution in [2.45, 2.75) is 24.2 Å². The normalized spacial score (nSPS) is 27.0. The highest BCUT2D eigenvalue weighted by Gasteiger charge is 2.57. The molecule has 130 valence electrons. The van der Waals surface area contributed by atoms with Gasteiger partial charge in [0.05, 0.1) is 23.0 Å². The van der Waals surface area contributed by atoms with Crippen LogP contribution in [-0.4, -0.2) is 50.0 Å². The molecule has 1 aromatic carbocycles. The Morgan fingerprint density at radius 1 is 1.33 bits per heavy atom. The van der Waals surface area contributed by atoms with Gasteiger partial charge in [0.15, 0.2) is 0 Å². The van der Waals surface area contributed by atoms with Crippen molar-refractivity contribution in [3.63, 3.8) is 0 Å². The number of ether oxygens (including phenoxy) is 1. The van der Waals surface area contributed by atoms with Gasteiger partial charge in [-0.1, -0.05) is 18.6 Å². The topological polar surface area (TPSA) is 101 Å². The molecule has 1 aliphatic carbocycles. The summed E-state index contributed by atoms with van der Waals surface area (Å²) in [6.07, 6.45) is 1.98. The summed E-state index contributed by atoms with van der Waals surface area (Å²) < 4.78 is 31.8. The third-order valence-electron chi connectivity index (χ3n) is 5.18. The molecule has 1 saturated carbocycles. The number of esters is 1. The molecule has 2 atom stereocenters. The zero-order valence-corrected chi connectivity index (χ0v) is 14.1. The molecule has 1 saturated heterocycles. The Hall–Kier alpha value is -1.93. The van der Waals surface area contributed by atoms with Gasteiger partial charge in [-0.15, -0.1) is 0 Å². The van der Waals surface area contributed by atoms with Crippen molar-refractivity contribution in [2.24, 2.45) is 11.3 Å². The number of aliphatic carboxylic acids is 1. The molecular weight excluding hydrogens is 334 g/mol. The second kappa shape index (κ2) is 5.86. The number of carbonyl (C=O) groups is 2. The lowest BCUT2D eigenvalue weighted by Gasteiger charge is -2.23. The summed E-state index contributed by atoms with van der Waals surface area (Å²) >= 11 is 0. The van der Waals surface area contributed by atoms with Gasteiger partial charge in [-0.05, 0) is 30.9 Å². The highest BCUT2D eigenvalue weighted by Crippen LogP contribution is 2.50. The van der Waals surface area contributed by atoms with Crippen molar-refractivity contribution in [3.8, 4) is 0 Å². The molecule has 1 aliphatic heterocycles. The molecule has 8 heteroatoms. The monoisotopic (exact) mass is 353 g/mol. The van der Waals surface area contributed by atoms with Crippen LogP contribution >= 0.6 is 0 Å². The van der Waals surface area contributed by atoms with Crippen LogP contribution in [0.3, 0.4) is 0 Å². The van der Waals surface area contributed by atoms with E-state index >= 15 is 0 Å². The molecule has 1 aromatic rings. The fraction of sp³-hybridized carbons (Fsp3) is 0.500. The summed E-state index contributed by atoms with van der Waals surface area (Å²) in [4.78, 5) is 23.5. The first-order chi connectivity index (χ1) is 11.3. The predicted octanol–water partition coefficient (Wildman–Crippen LogP) is 1.35. The lowest BCUT2D eigenvalue weighted by molar-refractivity contribution is -0.149. The van der Waals surface area contributed by atoms with Crippen molar-refractivity contribution in [2.75, 3.05) is 20.2 Å². The number of benzene rings is 1. The fourth-order valence-corrected chi connectivity index (χ4v) is 5.62. The minimum atomic E-state index is -3.97. The van der Waals surface area contributed by atoms with E-state index in [1.807, 2.05) is 0 Å². The van der Waals surface area contributed by atoms with Crippen LogP contribution in [0, 0.1) is 11.3 Å². The van der Waals surface area contributed by atoms with Crippen molar-refractivity contribution < 1.29 is 27.9 Å². The molecule has 7 nitrogen and oxygen atoms in total. The molecule has 2 fully saturated rings. The Morgan fingerprint density at radius 2 is 2.04 bits per heavy atom. The van der Waals surface area contributed by atoms with Gasteiger partial charge in [-0.2, -0.15) is 4.31 Å². The average molecular weight is 353 g/mol. The van der Waals surface area contributed by atoms with Gasteiger partial charge in [0.2, 0.25) is 10.0 Å². The van der Waals surface area contributed by atoms with Crippen molar-refractivity contribution >= 4 is 22.0 Å². The first kappa shape index (κ1) is 16.9. The van der Waals surface area contributed by atoms with Gasteiger partial charge >= 0.3 is 11.9 Å². The molecule has 0 bridgehead atoms. The fourth-order valence-electron chi connectivity index (χ4n) is 3.89. The molecular formula is C16H19NO6S. The number of hydrogen-bond acceptors (Lipinski definition) is 5. The summed E-state index contributed by atoms with van der Waals surface area (Å²) in [5.41, 5.74) is -1.05. The largest absolute Gasteiger partial charge is 0.481 e. The molecule has 0 aromatic heterocycles. The van der Waals surface area contributed by atoms with Crippen LogP contribution in [0.4, 0.5) is 0 Å². The molecule has 3 rings (SSSR count). The molecule has 0 radical (unpaired) electrons. The maximum atomic E-state index is 13.0. The van der Waals surface area contributed by atoms with E-state index in [0.29, 0.717) is 12.8 Å². The number of carboxylic acid groups (broad SMARTS) is 1. The van der Waals surface area contributed by atoms with Gasteiger partial charge in [-0.3, -0.25) is 4.79 Å².